The summed E-state index contributed by atoms with van der Waals surface area (Å²) in [6, 6.07) is 4.07. The summed E-state index contributed by atoms with van der Waals surface area (Å²) in [5.74, 6) is -4.42. The molecule has 0 aliphatic rings. The average molecular weight is 483 g/mol. The molecule has 3 aromatic rings. The van der Waals surface area contributed by atoms with E-state index in [0.717, 1.165) is 19.2 Å². The van der Waals surface area contributed by atoms with Crippen molar-refractivity contribution in [3.8, 4) is 0 Å². The number of nitrogens with one attached hydrogen (secondary N) is 1. The molecule has 0 saturated heterocycles. The molecule has 2 atom stereocenters. The van der Waals surface area contributed by atoms with Gasteiger partial charge in [0.1, 0.15) is 23.1 Å². The third-order valence-corrected chi connectivity index (χ3v) is 6.58. The maximum Gasteiger partial charge on any atom is 0.303 e. The third kappa shape index (κ3) is 4.65. The second-order valence-electron chi connectivity index (χ2n) is 8.21. The van der Waals surface area contributed by atoms with E-state index < -0.39 is 38.8 Å². The number of hydrogen-bond donors (Lipinski definition) is 2. The maximum atomic E-state index is 15.2. The molecule has 0 fully saturated rings. The number of alkyl halides is 2. The van der Waals surface area contributed by atoms with Crippen LogP contribution in [0.3, 0.4) is 0 Å². The van der Waals surface area contributed by atoms with Crippen LogP contribution < -0.4 is 5.32 Å². The van der Waals surface area contributed by atoms with Crippen LogP contribution in [-0.2, 0) is 15.8 Å². The van der Waals surface area contributed by atoms with Gasteiger partial charge in [0.25, 0.3) is 0 Å². The number of pyridine rings is 1. The topological polar surface area (TPSA) is 105 Å². The van der Waals surface area contributed by atoms with Crippen molar-refractivity contribution in [2.24, 2.45) is 0 Å². The normalized spacial score (nSPS) is 15.3. The van der Waals surface area contributed by atoms with Crippen molar-refractivity contribution >= 4 is 26.6 Å². The highest BCUT2D eigenvalue weighted by Gasteiger charge is 2.51. The highest BCUT2D eigenvalue weighted by Crippen LogP contribution is 2.43. The number of hydrogen-bond acceptors (Lipinski definition) is 7. The Labute approximate surface area is 190 Å². The van der Waals surface area contributed by atoms with Crippen LogP contribution in [0.25, 0.3) is 10.9 Å². The number of sulfone groups is 1. The fraction of sp³-hybridized carbons (Fsp3) is 0.409. The van der Waals surface area contributed by atoms with Crippen LogP contribution in [0, 0.1) is 12.7 Å². The minimum atomic E-state index is -3.82. The summed E-state index contributed by atoms with van der Waals surface area (Å²) in [4.78, 5) is 12.4. The van der Waals surface area contributed by atoms with E-state index in [0.29, 0.717) is 16.7 Å². The summed E-state index contributed by atoms with van der Waals surface area (Å²) in [6.45, 7) is 5.53. The molecule has 0 aliphatic heterocycles. The Morgan fingerprint density at radius 2 is 1.91 bits per heavy atom. The molecule has 0 amide bonds. The lowest BCUT2D eigenvalue weighted by atomic mass is 9.87. The quantitative estimate of drug-likeness (QED) is 0.517. The first-order valence-electron chi connectivity index (χ1n) is 10.2. The zero-order chi connectivity index (χ0) is 24.8. The zero-order valence-corrected chi connectivity index (χ0v) is 19.6. The molecule has 0 radical (unpaired) electrons. The van der Waals surface area contributed by atoms with Crippen LogP contribution in [0.2, 0.25) is 0 Å². The van der Waals surface area contributed by atoms with E-state index in [4.69, 9.17) is 0 Å². The van der Waals surface area contributed by atoms with Crippen LogP contribution in [0.15, 0.2) is 35.5 Å². The Hall–Kier alpha value is -2.79. The first-order valence-corrected chi connectivity index (χ1v) is 12.1. The number of fused-ring (bicyclic) bond motifs is 1. The average Bonchev–Trinajstić information content (AvgIpc) is 2.72. The Morgan fingerprint density at radius 1 is 1.24 bits per heavy atom. The number of anilines is 1. The number of aliphatic hydroxyl groups is 1. The minimum absolute atomic E-state index is 0.0686. The Balaban J connectivity index is 2.07. The number of halogens is 3. The van der Waals surface area contributed by atoms with Crippen molar-refractivity contribution in [2.75, 3.05) is 11.6 Å². The monoisotopic (exact) mass is 482 g/mol. The number of rotatable bonds is 7. The molecule has 11 heteroatoms. The van der Waals surface area contributed by atoms with Gasteiger partial charge in [-0.3, -0.25) is 0 Å². The van der Waals surface area contributed by atoms with E-state index in [2.05, 4.69) is 20.3 Å². The molecule has 0 unspecified atom stereocenters. The molecule has 1 aromatic carbocycles. The lowest BCUT2D eigenvalue weighted by molar-refractivity contribution is -0.181. The van der Waals surface area contributed by atoms with Gasteiger partial charge >= 0.3 is 5.92 Å². The van der Waals surface area contributed by atoms with Crippen molar-refractivity contribution < 1.29 is 26.7 Å². The molecule has 0 bridgehead atoms. The molecule has 2 N–H and O–H groups in total. The van der Waals surface area contributed by atoms with Crippen molar-refractivity contribution in [2.45, 2.75) is 56.7 Å². The summed E-state index contributed by atoms with van der Waals surface area (Å²) in [7, 11) is -3.61. The second kappa shape index (κ2) is 8.53. The van der Waals surface area contributed by atoms with E-state index in [1.54, 1.807) is 13.8 Å². The van der Waals surface area contributed by atoms with Crippen LogP contribution in [0.5, 0.6) is 0 Å². The maximum absolute atomic E-state index is 15.2. The highest BCUT2D eigenvalue weighted by molar-refractivity contribution is 7.90. The predicted molar refractivity (Wildman–Crippen MR) is 118 cm³/mol. The van der Waals surface area contributed by atoms with Crippen LogP contribution in [-0.4, -0.2) is 40.3 Å². The van der Waals surface area contributed by atoms with Gasteiger partial charge < -0.3 is 10.4 Å². The fourth-order valence-electron chi connectivity index (χ4n) is 3.36. The highest BCUT2D eigenvalue weighted by atomic mass is 32.2. The standard InChI is InChI=1S/C22H25F3N4O3S/c1-6-21(4,30)22(24,25)16-9-7-8-14(19(16)23)12(2)27-20-15-10-18(33(5,31)32)26-11-17(15)28-13(3)29-20/h7-12,30H,6H2,1-5H3,(H,27,28,29)/t12-,21-/m1/s1. The van der Waals surface area contributed by atoms with Crippen LogP contribution >= 0.6 is 0 Å². The first-order chi connectivity index (χ1) is 15.2. The second-order valence-corrected chi connectivity index (χ2v) is 10.2. The molecule has 3 rings (SSSR count). The molecular formula is C22H25F3N4O3S. The number of aromatic nitrogens is 3. The molecule has 2 aromatic heterocycles. The van der Waals surface area contributed by atoms with Crippen molar-refractivity contribution in [3.63, 3.8) is 0 Å². The number of benzene rings is 1. The van der Waals surface area contributed by atoms with Crippen molar-refractivity contribution in [1.82, 2.24) is 15.0 Å². The van der Waals surface area contributed by atoms with Crippen LogP contribution in [0.1, 0.15) is 50.2 Å². The number of aryl methyl sites for hydroxylation is 1. The zero-order valence-electron chi connectivity index (χ0n) is 18.8. The van der Waals surface area contributed by atoms with Gasteiger partial charge in [0.2, 0.25) is 0 Å². The van der Waals surface area contributed by atoms with Gasteiger partial charge in [0.05, 0.1) is 23.3 Å². The Morgan fingerprint density at radius 3 is 2.52 bits per heavy atom. The lowest BCUT2D eigenvalue weighted by Gasteiger charge is -2.32. The fourth-order valence-corrected chi connectivity index (χ4v) is 3.94. The minimum Gasteiger partial charge on any atom is -0.384 e. The smallest absolute Gasteiger partial charge is 0.303 e. The molecule has 2 heterocycles. The van der Waals surface area contributed by atoms with Crippen LogP contribution in [0.4, 0.5) is 19.0 Å². The van der Waals surface area contributed by atoms with E-state index in [9.17, 15) is 22.3 Å². The molecule has 33 heavy (non-hydrogen) atoms. The van der Waals surface area contributed by atoms with Gasteiger partial charge in [-0.25, -0.2) is 27.8 Å². The third-order valence-electron chi connectivity index (χ3n) is 5.60. The molecule has 0 spiro atoms. The summed E-state index contributed by atoms with van der Waals surface area (Å²) in [5.41, 5.74) is -3.05. The summed E-state index contributed by atoms with van der Waals surface area (Å²) >= 11 is 0. The summed E-state index contributed by atoms with van der Waals surface area (Å²) in [6.07, 6.45) is 2.03. The summed E-state index contributed by atoms with van der Waals surface area (Å²) in [5, 5.41) is 13.2. The number of nitrogens with zero attached hydrogens (tertiary/aromatic N) is 3. The van der Waals surface area contributed by atoms with E-state index in [-0.39, 0.29) is 22.8 Å². The van der Waals surface area contributed by atoms with Gasteiger partial charge in [-0.1, -0.05) is 19.1 Å². The van der Waals surface area contributed by atoms with E-state index >= 15 is 4.39 Å². The van der Waals surface area contributed by atoms with Crippen molar-refractivity contribution in [1.29, 1.82) is 0 Å². The molecule has 7 nitrogen and oxygen atoms in total. The molecular weight excluding hydrogens is 457 g/mol. The Kier molecular flexibility index (Phi) is 6.42. The van der Waals surface area contributed by atoms with E-state index in [1.807, 2.05) is 0 Å². The van der Waals surface area contributed by atoms with E-state index in [1.165, 1.54) is 31.3 Å². The predicted octanol–water partition coefficient (Wildman–Crippen LogP) is 4.30. The first kappa shape index (κ1) is 24.8. The van der Waals surface area contributed by atoms with Gasteiger partial charge in [0.15, 0.2) is 14.9 Å². The van der Waals surface area contributed by atoms with Gasteiger partial charge in [-0.2, -0.15) is 8.78 Å². The Bertz CT molecular complexity index is 1310. The lowest BCUT2D eigenvalue weighted by Crippen LogP contribution is -2.43. The summed E-state index contributed by atoms with van der Waals surface area (Å²) < 4.78 is 68.9. The van der Waals surface area contributed by atoms with Gasteiger partial charge in [0, 0.05) is 17.2 Å². The molecule has 0 saturated carbocycles. The van der Waals surface area contributed by atoms with Gasteiger partial charge in [-0.05, 0) is 39.3 Å². The largest absolute Gasteiger partial charge is 0.384 e. The SMILES string of the molecule is CC[C@@](C)(O)C(F)(F)c1cccc([C@@H](C)Nc2nc(C)nc3cnc(S(C)(=O)=O)cc23)c1F. The molecule has 0 aliphatic carbocycles. The molecule has 178 valence electrons. The van der Waals surface area contributed by atoms with Gasteiger partial charge in [-0.15, -0.1) is 0 Å². The van der Waals surface area contributed by atoms with Crippen molar-refractivity contribution in [3.05, 3.63) is 53.2 Å².